The Bertz CT molecular complexity index is 359. The van der Waals surface area contributed by atoms with Gasteiger partial charge in [-0.15, -0.1) is 0 Å². The summed E-state index contributed by atoms with van der Waals surface area (Å²) < 4.78 is 24.9. The van der Waals surface area contributed by atoms with E-state index in [4.69, 9.17) is 0 Å². The van der Waals surface area contributed by atoms with Crippen LogP contribution in [0.1, 0.15) is 33.1 Å². The van der Waals surface area contributed by atoms with Crippen LogP contribution in [0.4, 0.5) is 0 Å². The molecule has 100 valence electrons. The van der Waals surface area contributed by atoms with Crippen LogP contribution in [-0.2, 0) is 14.8 Å². The van der Waals surface area contributed by atoms with Crippen LogP contribution in [0.3, 0.4) is 0 Å². The maximum absolute atomic E-state index is 12.2. The Kier molecular flexibility index (Phi) is 4.94. The summed E-state index contributed by atoms with van der Waals surface area (Å²) in [4.78, 5) is 14.0. The summed E-state index contributed by atoms with van der Waals surface area (Å²) in [6.45, 7) is 5.19. The molecule has 1 N–H and O–H groups in total. The van der Waals surface area contributed by atoms with E-state index in [0.717, 1.165) is 38.6 Å². The fraction of sp³-hybridized carbons (Fsp3) is 0.909. The molecule has 1 aliphatic rings. The van der Waals surface area contributed by atoms with Crippen molar-refractivity contribution >= 4 is 15.9 Å². The number of nitrogens with one attached hydrogen (secondary N) is 1. The highest BCUT2D eigenvalue weighted by Gasteiger charge is 2.29. The standard InChI is InChI=1S/C11H22N2O3S/c1-9(2)10(12-17(3,15)16)11(14)13-7-5-4-6-8-13/h9-10,12H,4-8H2,1-3H3/t10-/m1/s1. The fourth-order valence-corrected chi connectivity index (χ4v) is 2.85. The molecule has 5 nitrogen and oxygen atoms in total. The Morgan fingerprint density at radius 2 is 1.71 bits per heavy atom. The second kappa shape index (κ2) is 5.82. The average molecular weight is 262 g/mol. The van der Waals surface area contributed by atoms with E-state index >= 15 is 0 Å². The van der Waals surface area contributed by atoms with Gasteiger partial charge in [-0.1, -0.05) is 13.8 Å². The van der Waals surface area contributed by atoms with Gasteiger partial charge in [0, 0.05) is 13.1 Å². The van der Waals surface area contributed by atoms with Crippen molar-refractivity contribution in [2.24, 2.45) is 5.92 Å². The zero-order valence-electron chi connectivity index (χ0n) is 10.8. The van der Waals surface area contributed by atoms with Crippen LogP contribution in [0.15, 0.2) is 0 Å². The van der Waals surface area contributed by atoms with Crippen molar-refractivity contribution in [3.63, 3.8) is 0 Å². The monoisotopic (exact) mass is 262 g/mol. The van der Waals surface area contributed by atoms with Crippen LogP contribution in [0.5, 0.6) is 0 Å². The molecule has 0 spiro atoms. The maximum atomic E-state index is 12.2. The van der Waals surface area contributed by atoms with E-state index in [-0.39, 0.29) is 11.8 Å². The van der Waals surface area contributed by atoms with Crippen molar-refractivity contribution in [3.05, 3.63) is 0 Å². The van der Waals surface area contributed by atoms with E-state index in [1.165, 1.54) is 0 Å². The zero-order chi connectivity index (χ0) is 13.1. The largest absolute Gasteiger partial charge is 0.341 e. The third-order valence-corrected chi connectivity index (χ3v) is 3.62. The molecule has 1 atom stereocenters. The first-order chi connectivity index (χ1) is 7.81. The Hall–Kier alpha value is -0.620. The van der Waals surface area contributed by atoms with Gasteiger partial charge in [0.05, 0.1) is 6.26 Å². The van der Waals surface area contributed by atoms with E-state index in [2.05, 4.69) is 4.72 Å². The summed E-state index contributed by atoms with van der Waals surface area (Å²) in [5.74, 6) is -0.135. The molecule has 0 bridgehead atoms. The van der Waals surface area contributed by atoms with Crippen molar-refractivity contribution in [2.45, 2.75) is 39.2 Å². The van der Waals surface area contributed by atoms with E-state index in [1.54, 1.807) is 4.90 Å². The Balaban J connectivity index is 2.72. The minimum absolute atomic E-state index is 0.0425. The lowest BCUT2D eigenvalue weighted by molar-refractivity contribution is -0.134. The Labute approximate surface area is 104 Å². The van der Waals surface area contributed by atoms with Crippen molar-refractivity contribution in [1.82, 2.24) is 9.62 Å². The van der Waals surface area contributed by atoms with Crippen LogP contribution in [0.25, 0.3) is 0 Å². The number of nitrogens with zero attached hydrogens (tertiary/aromatic N) is 1. The predicted molar refractivity (Wildman–Crippen MR) is 67.0 cm³/mol. The second-order valence-electron chi connectivity index (χ2n) is 5.00. The molecule has 1 saturated heterocycles. The number of carbonyl (C=O) groups excluding carboxylic acids is 1. The number of hydrogen-bond donors (Lipinski definition) is 1. The third kappa shape index (κ3) is 4.63. The molecule has 0 aliphatic carbocycles. The summed E-state index contributed by atoms with van der Waals surface area (Å²) >= 11 is 0. The molecule has 1 amide bonds. The van der Waals surface area contributed by atoms with E-state index in [0.29, 0.717) is 0 Å². The number of likely N-dealkylation sites (tertiary alicyclic amines) is 1. The minimum Gasteiger partial charge on any atom is -0.341 e. The molecular weight excluding hydrogens is 240 g/mol. The van der Waals surface area contributed by atoms with Gasteiger partial charge in [0.1, 0.15) is 6.04 Å². The van der Waals surface area contributed by atoms with Gasteiger partial charge in [-0.3, -0.25) is 4.79 Å². The topological polar surface area (TPSA) is 66.5 Å². The molecule has 0 aromatic carbocycles. The van der Waals surface area contributed by atoms with Gasteiger partial charge in [0.2, 0.25) is 15.9 Å². The number of carbonyl (C=O) groups is 1. The first-order valence-corrected chi connectivity index (χ1v) is 7.96. The van der Waals surface area contributed by atoms with E-state index in [1.807, 2.05) is 13.8 Å². The molecule has 6 heteroatoms. The normalized spacial score (nSPS) is 19.4. The first kappa shape index (κ1) is 14.4. The second-order valence-corrected chi connectivity index (χ2v) is 6.78. The number of hydrogen-bond acceptors (Lipinski definition) is 3. The smallest absolute Gasteiger partial charge is 0.241 e. The highest BCUT2D eigenvalue weighted by molar-refractivity contribution is 7.88. The Morgan fingerprint density at radius 3 is 2.12 bits per heavy atom. The number of sulfonamides is 1. The quantitative estimate of drug-likeness (QED) is 0.805. The molecule has 1 aliphatic heterocycles. The van der Waals surface area contributed by atoms with Crippen molar-refractivity contribution < 1.29 is 13.2 Å². The van der Waals surface area contributed by atoms with Gasteiger partial charge < -0.3 is 4.90 Å². The summed E-state index contributed by atoms with van der Waals surface area (Å²) in [5.41, 5.74) is 0. The lowest BCUT2D eigenvalue weighted by Crippen LogP contribution is -2.52. The minimum atomic E-state index is -3.35. The van der Waals surface area contributed by atoms with Crippen molar-refractivity contribution in [2.75, 3.05) is 19.3 Å². The maximum Gasteiger partial charge on any atom is 0.241 e. The number of rotatable bonds is 4. The average Bonchev–Trinajstić information content (AvgIpc) is 2.25. The molecule has 0 saturated carbocycles. The molecule has 0 aromatic heterocycles. The van der Waals surface area contributed by atoms with Gasteiger partial charge in [0.25, 0.3) is 0 Å². The lowest BCUT2D eigenvalue weighted by Gasteiger charge is -2.31. The van der Waals surface area contributed by atoms with Crippen LogP contribution < -0.4 is 4.72 Å². The number of amides is 1. The molecule has 17 heavy (non-hydrogen) atoms. The van der Waals surface area contributed by atoms with Crippen LogP contribution >= 0.6 is 0 Å². The van der Waals surface area contributed by atoms with Crippen LogP contribution in [-0.4, -0.2) is 44.6 Å². The molecule has 0 radical (unpaired) electrons. The van der Waals surface area contributed by atoms with Gasteiger partial charge in [-0.05, 0) is 25.2 Å². The Morgan fingerprint density at radius 1 is 1.18 bits per heavy atom. The van der Waals surface area contributed by atoms with E-state index < -0.39 is 16.1 Å². The lowest BCUT2D eigenvalue weighted by atomic mass is 10.0. The highest BCUT2D eigenvalue weighted by Crippen LogP contribution is 2.13. The van der Waals surface area contributed by atoms with Gasteiger partial charge in [-0.2, -0.15) is 0 Å². The number of piperidine rings is 1. The summed E-state index contributed by atoms with van der Waals surface area (Å²) in [6, 6.07) is -0.636. The van der Waals surface area contributed by atoms with E-state index in [9.17, 15) is 13.2 Å². The molecule has 1 fully saturated rings. The first-order valence-electron chi connectivity index (χ1n) is 6.07. The SMILES string of the molecule is CC(C)[C@@H](NS(C)(=O)=O)C(=O)N1CCCCC1. The summed E-state index contributed by atoms with van der Waals surface area (Å²) in [7, 11) is -3.35. The summed E-state index contributed by atoms with van der Waals surface area (Å²) in [6.07, 6.45) is 4.26. The molecular formula is C11H22N2O3S. The van der Waals surface area contributed by atoms with Gasteiger partial charge >= 0.3 is 0 Å². The van der Waals surface area contributed by atoms with Crippen molar-refractivity contribution in [1.29, 1.82) is 0 Å². The van der Waals surface area contributed by atoms with Crippen LogP contribution in [0, 0.1) is 5.92 Å². The molecule has 0 aromatic rings. The highest BCUT2D eigenvalue weighted by atomic mass is 32.2. The van der Waals surface area contributed by atoms with Crippen molar-refractivity contribution in [3.8, 4) is 0 Å². The predicted octanol–water partition coefficient (Wildman–Crippen LogP) is 0.573. The fourth-order valence-electron chi connectivity index (χ4n) is 2.01. The molecule has 0 unspecified atom stereocenters. The van der Waals surface area contributed by atoms with Gasteiger partial charge in [0.15, 0.2) is 0 Å². The summed E-state index contributed by atoms with van der Waals surface area (Å²) in [5, 5.41) is 0. The molecule has 1 rings (SSSR count). The van der Waals surface area contributed by atoms with Gasteiger partial charge in [-0.25, -0.2) is 13.1 Å². The van der Waals surface area contributed by atoms with Crippen LogP contribution in [0.2, 0.25) is 0 Å². The third-order valence-electron chi connectivity index (χ3n) is 2.94. The molecule has 1 heterocycles. The zero-order valence-corrected chi connectivity index (χ0v) is 11.6.